The maximum Gasteiger partial charge on any atom is 0.407 e. The Morgan fingerprint density at radius 2 is 1.88 bits per heavy atom. The standard InChI is InChI=1S/C19H26N4O2/c1-19(2,3)25-18(24)21-12-8-11-15-13-16(22-23-17(15)20)14-9-6-4-5-7-10-14/h4-7,9-10,13-14H,8,11-12H2,1-3H3,(H2,20,23)(H,21,24). The van der Waals surface area contributed by atoms with Gasteiger partial charge in [0.15, 0.2) is 0 Å². The average molecular weight is 342 g/mol. The van der Waals surface area contributed by atoms with Crippen molar-refractivity contribution >= 4 is 11.9 Å². The van der Waals surface area contributed by atoms with Crippen molar-refractivity contribution in [3.63, 3.8) is 0 Å². The smallest absolute Gasteiger partial charge is 0.407 e. The second-order valence-electron chi connectivity index (χ2n) is 6.89. The number of hydrogen-bond acceptors (Lipinski definition) is 5. The summed E-state index contributed by atoms with van der Waals surface area (Å²) in [4.78, 5) is 11.6. The van der Waals surface area contributed by atoms with E-state index in [9.17, 15) is 4.79 Å². The highest BCUT2D eigenvalue weighted by Gasteiger charge is 2.15. The number of aryl methyl sites for hydroxylation is 1. The predicted octanol–water partition coefficient (Wildman–Crippen LogP) is 3.28. The highest BCUT2D eigenvalue weighted by atomic mass is 16.6. The SMILES string of the molecule is CC(C)(C)OC(=O)NCCCc1cc(C2C=CC=CC=C2)nnc1N. The second kappa shape index (κ2) is 8.46. The number of carbonyl (C=O) groups is 1. The third-order valence-electron chi connectivity index (χ3n) is 3.53. The number of carbonyl (C=O) groups excluding carboxylic acids is 1. The van der Waals surface area contributed by atoms with Gasteiger partial charge in [-0.15, -0.1) is 5.10 Å². The van der Waals surface area contributed by atoms with Crippen molar-refractivity contribution in [2.24, 2.45) is 0 Å². The molecule has 1 heterocycles. The molecule has 0 spiro atoms. The van der Waals surface area contributed by atoms with Crippen LogP contribution in [0, 0.1) is 0 Å². The van der Waals surface area contributed by atoms with Crippen LogP contribution in [-0.2, 0) is 11.2 Å². The van der Waals surface area contributed by atoms with Gasteiger partial charge >= 0.3 is 6.09 Å². The summed E-state index contributed by atoms with van der Waals surface area (Å²) in [5.41, 5.74) is 7.25. The molecular formula is C19H26N4O2. The quantitative estimate of drug-likeness (QED) is 0.802. The number of alkyl carbamates (subject to hydrolysis) is 1. The van der Waals surface area contributed by atoms with Crippen LogP contribution in [0.4, 0.5) is 10.6 Å². The first kappa shape index (κ1) is 18.7. The number of aromatic nitrogens is 2. The molecule has 1 aromatic rings. The molecule has 134 valence electrons. The first-order chi connectivity index (χ1) is 11.8. The molecular weight excluding hydrogens is 316 g/mol. The maximum absolute atomic E-state index is 11.6. The van der Waals surface area contributed by atoms with Gasteiger partial charge in [-0.1, -0.05) is 36.5 Å². The Balaban J connectivity index is 1.89. The highest BCUT2D eigenvalue weighted by Crippen LogP contribution is 2.21. The lowest BCUT2D eigenvalue weighted by Crippen LogP contribution is -2.33. The summed E-state index contributed by atoms with van der Waals surface area (Å²) in [5.74, 6) is 0.516. The lowest BCUT2D eigenvalue weighted by atomic mass is 10.0. The van der Waals surface area contributed by atoms with E-state index >= 15 is 0 Å². The van der Waals surface area contributed by atoms with Crippen LogP contribution in [0.25, 0.3) is 0 Å². The molecule has 3 N–H and O–H groups in total. The Hall–Kier alpha value is -2.63. The molecule has 1 aromatic heterocycles. The summed E-state index contributed by atoms with van der Waals surface area (Å²) in [6.45, 7) is 6.02. The number of nitrogen functional groups attached to an aromatic ring is 1. The molecule has 2 rings (SSSR count). The minimum atomic E-state index is -0.493. The number of nitrogens with one attached hydrogen (secondary N) is 1. The highest BCUT2D eigenvalue weighted by molar-refractivity contribution is 5.67. The van der Waals surface area contributed by atoms with Crippen LogP contribution in [0.2, 0.25) is 0 Å². The van der Waals surface area contributed by atoms with Crippen LogP contribution >= 0.6 is 0 Å². The monoisotopic (exact) mass is 342 g/mol. The van der Waals surface area contributed by atoms with Crippen LogP contribution in [0.15, 0.2) is 42.5 Å². The molecule has 0 radical (unpaired) electrons. The molecule has 6 nitrogen and oxygen atoms in total. The zero-order valence-corrected chi connectivity index (χ0v) is 15.0. The zero-order chi connectivity index (χ0) is 18.3. The van der Waals surface area contributed by atoms with Crippen molar-refractivity contribution in [3.8, 4) is 0 Å². The summed E-state index contributed by atoms with van der Waals surface area (Å²) < 4.78 is 5.21. The van der Waals surface area contributed by atoms with E-state index in [1.807, 2.05) is 51.1 Å². The average Bonchev–Trinajstić information content (AvgIpc) is 2.80. The lowest BCUT2D eigenvalue weighted by molar-refractivity contribution is 0.0527. The van der Waals surface area contributed by atoms with E-state index in [1.54, 1.807) is 0 Å². The molecule has 1 amide bonds. The van der Waals surface area contributed by atoms with Crippen LogP contribution in [0.3, 0.4) is 0 Å². The van der Waals surface area contributed by atoms with Crippen LogP contribution in [0.5, 0.6) is 0 Å². The summed E-state index contributed by atoms with van der Waals surface area (Å²) in [6, 6.07) is 1.99. The third kappa shape index (κ3) is 6.41. The topological polar surface area (TPSA) is 90.1 Å². The number of hydrogen-bond donors (Lipinski definition) is 2. The van der Waals surface area contributed by atoms with Crippen LogP contribution < -0.4 is 11.1 Å². The van der Waals surface area contributed by atoms with Crippen molar-refractivity contribution in [1.82, 2.24) is 15.5 Å². The normalized spacial score (nSPS) is 14.4. The minimum Gasteiger partial charge on any atom is -0.444 e. The third-order valence-corrected chi connectivity index (χ3v) is 3.53. The van der Waals surface area contributed by atoms with Gasteiger partial charge in [-0.3, -0.25) is 0 Å². The first-order valence-corrected chi connectivity index (χ1v) is 8.45. The summed E-state index contributed by atoms with van der Waals surface area (Å²) >= 11 is 0. The maximum atomic E-state index is 11.6. The number of nitrogens with zero attached hydrogens (tertiary/aromatic N) is 2. The largest absolute Gasteiger partial charge is 0.444 e. The Labute approximate surface area is 148 Å². The van der Waals surface area contributed by atoms with E-state index < -0.39 is 11.7 Å². The Morgan fingerprint density at radius 1 is 1.20 bits per heavy atom. The summed E-state index contributed by atoms with van der Waals surface area (Å²) in [7, 11) is 0. The van der Waals surface area contributed by atoms with Gasteiger partial charge in [0.05, 0.1) is 5.69 Å². The van der Waals surface area contributed by atoms with Gasteiger partial charge in [0.2, 0.25) is 0 Å². The Kier molecular flexibility index (Phi) is 6.33. The van der Waals surface area contributed by atoms with E-state index in [0.29, 0.717) is 18.8 Å². The number of allylic oxidation sites excluding steroid dienone is 6. The fourth-order valence-corrected chi connectivity index (χ4v) is 2.36. The van der Waals surface area contributed by atoms with Crippen LogP contribution in [-0.4, -0.2) is 28.4 Å². The zero-order valence-electron chi connectivity index (χ0n) is 15.0. The molecule has 0 aromatic carbocycles. The molecule has 25 heavy (non-hydrogen) atoms. The molecule has 6 heteroatoms. The number of ether oxygens (including phenoxy) is 1. The fourth-order valence-electron chi connectivity index (χ4n) is 2.36. The van der Waals surface area contributed by atoms with Gasteiger partial charge in [0, 0.05) is 12.5 Å². The van der Waals surface area contributed by atoms with Crippen molar-refractivity contribution in [3.05, 3.63) is 53.8 Å². The van der Waals surface area contributed by atoms with Crippen molar-refractivity contribution in [2.45, 2.75) is 45.1 Å². The first-order valence-electron chi connectivity index (χ1n) is 8.45. The number of rotatable bonds is 5. The van der Waals surface area contributed by atoms with Crippen molar-refractivity contribution in [1.29, 1.82) is 0 Å². The molecule has 0 aliphatic heterocycles. The van der Waals surface area contributed by atoms with E-state index in [0.717, 1.165) is 17.7 Å². The van der Waals surface area contributed by atoms with Crippen molar-refractivity contribution in [2.75, 3.05) is 12.3 Å². The summed E-state index contributed by atoms with van der Waals surface area (Å²) in [5, 5.41) is 11.0. The Bertz CT molecular complexity index is 671. The Morgan fingerprint density at radius 3 is 2.52 bits per heavy atom. The number of anilines is 1. The minimum absolute atomic E-state index is 0.0849. The molecule has 0 saturated heterocycles. The molecule has 0 unspecified atom stereocenters. The van der Waals surface area contributed by atoms with Crippen molar-refractivity contribution < 1.29 is 9.53 Å². The molecule has 1 aliphatic rings. The van der Waals surface area contributed by atoms with Gasteiger partial charge in [-0.05, 0) is 45.2 Å². The van der Waals surface area contributed by atoms with Gasteiger partial charge in [-0.25, -0.2) is 4.79 Å². The summed E-state index contributed by atoms with van der Waals surface area (Å²) in [6.07, 6.45) is 13.1. The van der Waals surface area contributed by atoms with Gasteiger partial charge in [-0.2, -0.15) is 5.10 Å². The van der Waals surface area contributed by atoms with Crippen LogP contribution in [0.1, 0.15) is 44.4 Å². The molecule has 1 aliphatic carbocycles. The predicted molar refractivity (Wildman–Crippen MR) is 99.2 cm³/mol. The fraction of sp³-hybridized carbons (Fsp3) is 0.421. The van der Waals surface area contributed by atoms with E-state index in [1.165, 1.54) is 0 Å². The molecule has 0 atom stereocenters. The number of nitrogens with two attached hydrogens (primary N) is 1. The van der Waals surface area contributed by atoms with E-state index in [-0.39, 0.29) is 5.92 Å². The van der Waals surface area contributed by atoms with E-state index in [4.69, 9.17) is 10.5 Å². The molecule has 0 fully saturated rings. The van der Waals surface area contributed by atoms with E-state index in [2.05, 4.69) is 27.7 Å². The second-order valence-corrected chi connectivity index (χ2v) is 6.89. The molecule has 0 saturated carbocycles. The molecule has 0 bridgehead atoms. The van der Waals surface area contributed by atoms with Gasteiger partial charge in [0.1, 0.15) is 11.4 Å². The lowest BCUT2D eigenvalue weighted by Gasteiger charge is -2.19. The van der Waals surface area contributed by atoms with Gasteiger partial charge < -0.3 is 15.8 Å². The van der Waals surface area contributed by atoms with Gasteiger partial charge in [0.25, 0.3) is 0 Å². The number of amides is 1.